The molecular weight excluding hydrogens is 354 g/mol. The van der Waals surface area contributed by atoms with Crippen LogP contribution in [-0.4, -0.2) is 16.1 Å². The van der Waals surface area contributed by atoms with E-state index in [1.54, 1.807) is 0 Å². The molecule has 0 unspecified atom stereocenters. The fourth-order valence-corrected chi connectivity index (χ4v) is 5.07. The highest BCUT2D eigenvalue weighted by Gasteiger charge is 2.24. The summed E-state index contributed by atoms with van der Waals surface area (Å²) < 4.78 is 2.29. The summed E-state index contributed by atoms with van der Waals surface area (Å²) in [6.07, 6.45) is 1.04. The van der Waals surface area contributed by atoms with Gasteiger partial charge in [0, 0.05) is 41.1 Å². The summed E-state index contributed by atoms with van der Waals surface area (Å²) in [5, 5.41) is 8.82. The first-order chi connectivity index (χ1) is 14.2. The van der Waals surface area contributed by atoms with Gasteiger partial charge in [-0.25, -0.2) is 4.98 Å². The molecule has 3 nitrogen and oxygen atoms in total. The van der Waals surface area contributed by atoms with Gasteiger partial charge in [0.1, 0.15) is 0 Å². The number of aromatic nitrogens is 2. The van der Waals surface area contributed by atoms with E-state index >= 15 is 0 Å². The molecule has 6 rings (SSSR count). The lowest BCUT2D eigenvalue weighted by Crippen LogP contribution is -2.25. The highest BCUT2D eigenvalue weighted by Crippen LogP contribution is 2.40. The van der Waals surface area contributed by atoms with Gasteiger partial charge in [0.05, 0.1) is 11.2 Å². The molecule has 2 aromatic heterocycles. The summed E-state index contributed by atoms with van der Waals surface area (Å²) in [6, 6.07) is 21.8. The van der Waals surface area contributed by atoms with Crippen LogP contribution in [0.15, 0.2) is 60.7 Å². The number of aryl methyl sites for hydroxylation is 1. The van der Waals surface area contributed by atoms with E-state index in [4.69, 9.17) is 4.98 Å². The highest BCUT2D eigenvalue weighted by atomic mass is 15.0. The molecule has 0 radical (unpaired) electrons. The molecule has 0 saturated carbocycles. The zero-order chi connectivity index (χ0) is 19.5. The summed E-state index contributed by atoms with van der Waals surface area (Å²) in [5.41, 5.74) is 8.88. The van der Waals surface area contributed by atoms with E-state index < -0.39 is 0 Å². The minimum Gasteiger partial charge on any atom is -0.347 e. The third-order valence-corrected chi connectivity index (χ3v) is 6.58. The lowest BCUT2D eigenvalue weighted by molar-refractivity contribution is 0.646. The molecule has 0 spiro atoms. The Morgan fingerprint density at radius 3 is 2.59 bits per heavy atom. The molecule has 5 aromatic rings. The topological polar surface area (TPSA) is 29.9 Å². The van der Waals surface area contributed by atoms with Crippen LogP contribution in [0.25, 0.3) is 43.8 Å². The van der Waals surface area contributed by atoms with Crippen LogP contribution < -0.4 is 5.32 Å². The van der Waals surface area contributed by atoms with Crippen molar-refractivity contribution in [2.24, 2.45) is 7.05 Å². The third-order valence-electron chi connectivity index (χ3n) is 6.58. The van der Waals surface area contributed by atoms with E-state index in [2.05, 4.69) is 84.5 Å². The number of fused-ring (bicyclic) bond motifs is 6. The normalized spacial score (nSPS) is 14.0. The first-order valence-corrected chi connectivity index (χ1v) is 10.3. The van der Waals surface area contributed by atoms with Crippen molar-refractivity contribution in [2.45, 2.75) is 19.9 Å². The summed E-state index contributed by atoms with van der Waals surface area (Å²) in [5.74, 6) is 0. The molecule has 3 heterocycles. The van der Waals surface area contributed by atoms with Crippen molar-refractivity contribution < 1.29 is 0 Å². The molecule has 0 saturated heterocycles. The maximum absolute atomic E-state index is 5.28. The molecule has 1 N–H and O–H groups in total. The lowest BCUT2D eigenvalue weighted by atomic mass is 9.89. The smallest absolute Gasteiger partial charge is 0.0781 e. The fourth-order valence-electron chi connectivity index (χ4n) is 5.07. The SMILES string of the molecule is Cc1c(-c2nc3ccc4ccccc4c3c3c2CNCC3)c2ccccc2n1C. The van der Waals surface area contributed by atoms with Gasteiger partial charge in [-0.05, 0) is 53.9 Å². The van der Waals surface area contributed by atoms with Crippen LogP contribution in [-0.2, 0) is 20.0 Å². The predicted molar refractivity (Wildman–Crippen MR) is 121 cm³/mol. The Kier molecular flexibility index (Phi) is 3.56. The van der Waals surface area contributed by atoms with E-state index in [0.717, 1.165) is 30.7 Å². The molecule has 0 aliphatic carbocycles. The number of hydrogen-bond donors (Lipinski definition) is 1. The highest BCUT2D eigenvalue weighted by molar-refractivity contribution is 6.10. The van der Waals surface area contributed by atoms with Crippen molar-refractivity contribution >= 4 is 32.6 Å². The average Bonchev–Trinajstić information content (AvgIpc) is 3.03. The van der Waals surface area contributed by atoms with Crippen LogP contribution in [0.2, 0.25) is 0 Å². The maximum Gasteiger partial charge on any atom is 0.0781 e. The van der Waals surface area contributed by atoms with Crippen LogP contribution in [0.5, 0.6) is 0 Å². The van der Waals surface area contributed by atoms with E-state index in [1.165, 1.54) is 49.4 Å². The molecule has 0 amide bonds. The van der Waals surface area contributed by atoms with E-state index in [9.17, 15) is 0 Å². The van der Waals surface area contributed by atoms with Gasteiger partial charge in [0.2, 0.25) is 0 Å². The first kappa shape index (κ1) is 16.8. The zero-order valence-electron chi connectivity index (χ0n) is 16.8. The van der Waals surface area contributed by atoms with Crippen LogP contribution in [0.1, 0.15) is 16.8 Å². The van der Waals surface area contributed by atoms with E-state index in [-0.39, 0.29) is 0 Å². The van der Waals surface area contributed by atoms with Crippen molar-refractivity contribution in [3.05, 3.63) is 77.5 Å². The molecule has 3 aromatic carbocycles. The lowest BCUT2D eigenvalue weighted by Gasteiger charge is -2.23. The molecule has 1 aliphatic heterocycles. The second-order valence-corrected chi connectivity index (χ2v) is 8.06. The Morgan fingerprint density at radius 2 is 1.69 bits per heavy atom. The number of hydrogen-bond acceptors (Lipinski definition) is 2. The van der Waals surface area contributed by atoms with E-state index in [0.29, 0.717) is 0 Å². The molecule has 1 aliphatic rings. The van der Waals surface area contributed by atoms with Crippen LogP contribution in [0, 0.1) is 6.92 Å². The summed E-state index contributed by atoms with van der Waals surface area (Å²) in [7, 11) is 2.15. The van der Waals surface area contributed by atoms with Gasteiger partial charge in [0.15, 0.2) is 0 Å². The van der Waals surface area contributed by atoms with Gasteiger partial charge < -0.3 is 9.88 Å². The van der Waals surface area contributed by atoms with Crippen molar-refractivity contribution in [3.63, 3.8) is 0 Å². The van der Waals surface area contributed by atoms with Gasteiger partial charge in [-0.2, -0.15) is 0 Å². The predicted octanol–water partition coefficient (Wildman–Crippen LogP) is 5.50. The van der Waals surface area contributed by atoms with Crippen LogP contribution in [0.3, 0.4) is 0 Å². The van der Waals surface area contributed by atoms with Gasteiger partial charge in [0.25, 0.3) is 0 Å². The largest absolute Gasteiger partial charge is 0.347 e. The molecular formula is C26H23N3. The Labute approximate surface area is 170 Å². The molecule has 3 heteroatoms. The number of nitrogens with zero attached hydrogens (tertiary/aromatic N) is 2. The van der Waals surface area contributed by atoms with Crippen LogP contribution in [0.4, 0.5) is 0 Å². The molecule has 0 fully saturated rings. The van der Waals surface area contributed by atoms with Crippen molar-refractivity contribution in [1.82, 2.24) is 14.9 Å². The fraction of sp³-hybridized carbons (Fsp3) is 0.192. The maximum atomic E-state index is 5.28. The number of nitrogens with one attached hydrogen (secondary N) is 1. The minimum absolute atomic E-state index is 0.874. The minimum atomic E-state index is 0.874. The molecule has 29 heavy (non-hydrogen) atoms. The second-order valence-electron chi connectivity index (χ2n) is 8.06. The molecule has 142 valence electrons. The first-order valence-electron chi connectivity index (χ1n) is 10.3. The summed E-state index contributed by atoms with van der Waals surface area (Å²) >= 11 is 0. The number of pyridine rings is 1. The molecule has 0 bridgehead atoms. The average molecular weight is 377 g/mol. The van der Waals surface area contributed by atoms with Gasteiger partial charge in [-0.3, -0.25) is 0 Å². The van der Waals surface area contributed by atoms with Gasteiger partial charge >= 0.3 is 0 Å². The standard InChI is InChI=1S/C26H23N3/c1-16-24(20-9-5-6-10-23(20)29(16)2)26-21-15-27-14-13-19(21)25-18-8-4-3-7-17(18)11-12-22(25)28-26/h3-12,27H,13-15H2,1-2H3. The number of para-hydroxylation sites is 1. The van der Waals surface area contributed by atoms with Gasteiger partial charge in [-0.1, -0.05) is 48.5 Å². The molecule has 0 atom stereocenters. The Bertz CT molecular complexity index is 1430. The quantitative estimate of drug-likeness (QED) is 0.391. The Hall–Kier alpha value is -3.17. The monoisotopic (exact) mass is 377 g/mol. The van der Waals surface area contributed by atoms with Crippen molar-refractivity contribution in [1.29, 1.82) is 0 Å². The van der Waals surface area contributed by atoms with E-state index in [1.807, 2.05) is 0 Å². The Morgan fingerprint density at radius 1 is 0.897 bits per heavy atom. The Balaban J connectivity index is 1.78. The van der Waals surface area contributed by atoms with Gasteiger partial charge in [-0.15, -0.1) is 0 Å². The van der Waals surface area contributed by atoms with Crippen LogP contribution >= 0.6 is 0 Å². The van der Waals surface area contributed by atoms with Crippen molar-refractivity contribution in [2.75, 3.05) is 6.54 Å². The third kappa shape index (κ3) is 2.31. The summed E-state index contributed by atoms with van der Waals surface area (Å²) in [6.45, 7) is 4.10. The summed E-state index contributed by atoms with van der Waals surface area (Å²) in [4.78, 5) is 5.28. The second kappa shape index (κ2) is 6.16. The number of benzene rings is 3. The number of rotatable bonds is 1. The van der Waals surface area contributed by atoms with Crippen molar-refractivity contribution in [3.8, 4) is 11.3 Å². The zero-order valence-corrected chi connectivity index (χ0v) is 16.8.